The van der Waals surface area contributed by atoms with E-state index < -0.39 is 0 Å². The Hall–Kier alpha value is -7.36. The van der Waals surface area contributed by atoms with E-state index in [1.54, 1.807) is 0 Å². The average Bonchev–Trinajstić information content (AvgIpc) is 3.90. The van der Waals surface area contributed by atoms with Crippen molar-refractivity contribution in [1.29, 1.82) is 0 Å². The third-order valence-corrected chi connectivity index (χ3v) is 11.5. The van der Waals surface area contributed by atoms with Crippen LogP contribution in [0.3, 0.4) is 0 Å². The first-order valence-electron chi connectivity index (χ1n) is 18.8. The fourth-order valence-electron chi connectivity index (χ4n) is 8.98. The standard InChI is InChI=1S/C52H32N2O/c1-2-15-39-33(11-1)12-10-21-46(39)54-48-20-7-4-17-41(48)44-31-36(24-27-50(44)54)35-23-26-49-43(30-35)40-16-3-6-19-47(40)53(49)38-14-9-13-34(29-38)37-25-28-52-45(32-37)42-18-5-8-22-51(42)55-52/h1-32H. The van der Waals surface area contributed by atoms with Gasteiger partial charge in [-0.25, -0.2) is 0 Å². The van der Waals surface area contributed by atoms with Crippen molar-refractivity contribution < 1.29 is 4.42 Å². The second-order valence-corrected chi connectivity index (χ2v) is 14.5. The molecule has 256 valence electrons. The van der Waals surface area contributed by atoms with Crippen molar-refractivity contribution in [3.63, 3.8) is 0 Å². The van der Waals surface area contributed by atoms with Gasteiger partial charge in [0.1, 0.15) is 11.2 Å². The van der Waals surface area contributed by atoms with Crippen molar-refractivity contribution in [3.05, 3.63) is 194 Å². The molecule has 3 heterocycles. The predicted molar refractivity (Wildman–Crippen MR) is 231 cm³/mol. The molecular formula is C52H32N2O. The summed E-state index contributed by atoms with van der Waals surface area (Å²) in [5.74, 6) is 0. The monoisotopic (exact) mass is 700 g/mol. The Morgan fingerprint density at radius 3 is 1.56 bits per heavy atom. The second kappa shape index (κ2) is 11.6. The predicted octanol–water partition coefficient (Wildman–Crippen LogP) is 14.3. The molecule has 12 aromatic rings. The topological polar surface area (TPSA) is 23.0 Å². The Balaban J connectivity index is 1.00. The van der Waals surface area contributed by atoms with Gasteiger partial charge in [0.25, 0.3) is 0 Å². The summed E-state index contributed by atoms with van der Waals surface area (Å²) in [5, 5.41) is 9.75. The van der Waals surface area contributed by atoms with Crippen LogP contribution in [0.4, 0.5) is 0 Å². The molecule has 3 nitrogen and oxygen atoms in total. The van der Waals surface area contributed by atoms with E-state index in [2.05, 4.69) is 191 Å². The molecule has 55 heavy (non-hydrogen) atoms. The smallest absolute Gasteiger partial charge is 0.135 e. The first kappa shape index (κ1) is 30.1. The van der Waals surface area contributed by atoms with Crippen molar-refractivity contribution in [3.8, 4) is 33.6 Å². The van der Waals surface area contributed by atoms with Crippen molar-refractivity contribution in [2.45, 2.75) is 0 Å². The number of hydrogen-bond acceptors (Lipinski definition) is 1. The lowest BCUT2D eigenvalue weighted by atomic mass is 10.0. The van der Waals surface area contributed by atoms with Crippen LogP contribution in [0.2, 0.25) is 0 Å². The van der Waals surface area contributed by atoms with Crippen LogP contribution in [0, 0.1) is 0 Å². The highest BCUT2D eigenvalue weighted by molar-refractivity contribution is 6.13. The molecule has 0 spiro atoms. The highest BCUT2D eigenvalue weighted by atomic mass is 16.3. The van der Waals surface area contributed by atoms with E-state index >= 15 is 0 Å². The zero-order valence-electron chi connectivity index (χ0n) is 29.8. The van der Waals surface area contributed by atoms with Crippen LogP contribution in [0.5, 0.6) is 0 Å². The Morgan fingerprint density at radius 2 is 0.800 bits per heavy atom. The Labute approximate surface area is 316 Å². The van der Waals surface area contributed by atoms with Gasteiger partial charge in [-0.05, 0) is 100 Å². The number of nitrogens with zero attached hydrogens (tertiary/aromatic N) is 2. The summed E-state index contributed by atoms with van der Waals surface area (Å²) in [6, 6.07) is 70.4. The molecule has 3 heteroatoms. The minimum absolute atomic E-state index is 0.911. The maximum atomic E-state index is 6.13. The van der Waals surface area contributed by atoms with E-state index in [1.807, 2.05) is 12.1 Å². The molecule has 0 radical (unpaired) electrons. The first-order valence-corrected chi connectivity index (χ1v) is 18.8. The molecule has 0 amide bonds. The van der Waals surface area contributed by atoms with E-state index in [1.165, 1.54) is 82.3 Å². The SMILES string of the molecule is c1cc(-c2ccc3oc4ccccc4c3c2)cc(-n2c3ccccc3c3cc(-c4ccc5c(c4)c4ccccc4n5-c4cccc5ccccc45)ccc32)c1. The molecule has 0 atom stereocenters. The van der Waals surface area contributed by atoms with Crippen molar-refractivity contribution in [2.75, 3.05) is 0 Å². The minimum atomic E-state index is 0.911. The fourth-order valence-corrected chi connectivity index (χ4v) is 8.98. The summed E-state index contributed by atoms with van der Waals surface area (Å²) in [6.07, 6.45) is 0. The number of fused-ring (bicyclic) bond motifs is 10. The lowest BCUT2D eigenvalue weighted by Gasteiger charge is -2.12. The maximum absolute atomic E-state index is 6.13. The molecule has 0 aliphatic carbocycles. The highest BCUT2D eigenvalue weighted by Gasteiger charge is 2.17. The molecule has 0 aliphatic heterocycles. The minimum Gasteiger partial charge on any atom is -0.456 e. The van der Waals surface area contributed by atoms with Gasteiger partial charge < -0.3 is 13.6 Å². The molecule has 0 saturated heterocycles. The van der Waals surface area contributed by atoms with Crippen molar-refractivity contribution in [1.82, 2.24) is 9.13 Å². The van der Waals surface area contributed by atoms with Gasteiger partial charge in [0.05, 0.1) is 27.8 Å². The molecule has 0 fully saturated rings. The number of hydrogen-bond donors (Lipinski definition) is 0. The Bertz CT molecular complexity index is 3500. The number of furan rings is 1. The van der Waals surface area contributed by atoms with Crippen LogP contribution >= 0.6 is 0 Å². The van der Waals surface area contributed by atoms with Gasteiger partial charge in [-0.3, -0.25) is 0 Å². The van der Waals surface area contributed by atoms with Gasteiger partial charge in [-0.2, -0.15) is 0 Å². The van der Waals surface area contributed by atoms with Gasteiger partial charge in [0.2, 0.25) is 0 Å². The molecule has 0 saturated carbocycles. The van der Waals surface area contributed by atoms with Crippen LogP contribution in [0.15, 0.2) is 199 Å². The fraction of sp³-hybridized carbons (Fsp3) is 0. The summed E-state index contributed by atoms with van der Waals surface area (Å²) in [5.41, 5.74) is 13.7. The molecule has 0 N–H and O–H groups in total. The zero-order chi connectivity index (χ0) is 36.0. The summed E-state index contributed by atoms with van der Waals surface area (Å²) in [7, 11) is 0. The van der Waals surface area contributed by atoms with Crippen molar-refractivity contribution >= 4 is 76.3 Å². The van der Waals surface area contributed by atoms with Crippen LogP contribution < -0.4 is 0 Å². The Morgan fingerprint density at radius 1 is 0.291 bits per heavy atom. The zero-order valence-corrected chi connectivity index (χ0v) is 29.8. The summed E-state index contributed by atoms with van der Waals surface area (Å²) in [6.45, 7) is 0. The van der Waals surface area contributed by atoms with Crippen molar-refractivity contribution in [2.24, 2.45) is 0 Å². The summed E-state index contributed by atoms with van der Waals surface area (Å²) < 4.78 is 11.0. The van der Waals surface area contributed by atoms with Crippen LogP contribution in [-0.4, -0.2) is 9.13 Å². The molecule has 3 aromatic heterocycles. The molecule has 0 unspecified atom stereocenters. The third kappa shape index (κ3) is 4.50. The summed E-state index contributed by atoms with van der Waals surface area (Å²) in [4.78, 5) is 0. The number of benzene rings is 9. The Kier molecular flexibility index (Phi) is 6.34. The van der Waals surface area contributed by atoms with Gasteiger partial charge >= 0.3 is 0 Å². The quantitative estimate of drug-likeness (QED) is 0.179. The van der Waals surface area contributed by atoms with E-state index in [0.717, 1.165) is 27.6 Å². The van der Waals surface area contributed by atoms with E-state index in [0.29, 0.717) is 0 Å². The third-order valence-electron chi connectivity index (χ3n) is 11.5. The average molecular weight is 701 g/mol. The number of rotatable bonds is 4. The van der Waals surface area contributed by atoms with Gasteiger partial charge in [-0.1, -0.05) is 121 Å². The molecule has 0 bridgehead atoms. The van der Waals surface area contributed by atoms with Crippen LogP contribution in [-0.2, 0) is 0 Å². The number of aromatic nitrogens is 2. The molecule has 0 aliphatic rings. The maximum Gasteiger partial charge on any atom is 0.135 e. The molecular weight excluding hydrogens is 669 g/mol. The molecule has 9 aromatic carbocycles. The highest BCUT2D eigenvalue weighted by Crippen LogP contribution is 2.40. The van der Waals surface area contributed by atoms with E-state index in [4.69, 9.17) is 4.42 Å². The number of para-hydroxylation sites is 3. The first-order chi connectivity index (χ1) is 27.3. The molecule has 12 rings (SSSR count). The lowest BCUT2D eigenvalue weighted by molar-refractivity contribution is 0.669. The lowest BCUT2D eigenvalue weighted by Crippen LogP contribution is -1.95. The second-order valence-electron chi connectivity index (χ2n) is 14.5. The van der Waals surface area contributed by atoms with Crippen LogP contribution in [0.1, 0.15) is 0 Å². The van der Waals surface area contributed by atoms with Gasteiger partial charge in [-0.15, -0.1) is 0 Å². The summed E-state index contributed by atoms with van der Waals surface area (Å²) >= 11 is 0. The largest absolute Gasteiger partial charge is 0.456 e. The van der Waals surface area contributed by atoms with Crippen LogP contribution in [0.25, 0.3) is 110 Å². The van der Waals surface area contributed by atoms with Gasteiger partial charge in [0.15, 0.2) is 0 Å². The van der Waals surface area contributed by atoms with E-state index in [-0.39, 0.29) is 0 Å². The normalized spacial score (nSPS) is 12.0. The van der Waals surface area contributed by atoms with Gasteiger partial charge in [0, 0.05) is 43.4 Å². The van der Waals surface area contributed by atoms with E-state index in [9.17, 15) is 0 Å².